The predicted molar refractivity (Wildman–Crippen MR) is 118 cm³/mol. The number of benzene rings is 1. The van der Waals surface area contributed by atoms with E-state index < -0.39 is 0 Å². The standard InChI is InChI=1S/C22H26N4O4S/c1-15(27)25-9-6-18(7-10-25)30-20-13-16(3-4-19(20)29-2)21(28)23-8-5-17-14-26-11-12-31-22(26)24-17/h3-4,11-14,18H,5-10H2,1-2H3,(H,23,28). The van der Waals surface area contributed by atoms with Gasteiger partial charge in [0.05, 0.1) is 12.8 Å². The number of carbonyl (C=O) groups is 2. The molecule has 3 heterocycles. The Morgan fingerprint density at radius 3 is 2.77 bits per heavy atom. The lowest BCUT2D eigenvalue weighted by Gasteiger charge is -2.31. The van der Waals surface area contributed by atoms with Crippen molar-refractivity contribution >= 4 is 28.1 Å². The molecule has 2 aromatic heterocycles. The van der Waals surface area contributed by atoms with E-state index in [1.807, 2.05) is 27.1 Å². The van der Waals surface area contributed by atoms with Crippen molar-refractivity contribution in [2.75, 3.05) is 26.7 Å². The first-order valence-electron chi connectivity index (χ1n) is 10.3. The number of imidazole rings is 1. The second-order valence-corrected chi connectivity index (χ2v) is 8.39. The highest BCUT2D eigenvalue weighted by atomic mass is 32.1. The van der Waals surface area contributed by atoms with Crippen LogP contribution in [-0.4, -0.2) is 58.9 Å². The topological polar surface area (TPSA) is 85.2 Å². The van der Waals surface area contributed by atoms with Gasteiger partial charge in [0.1, 0.15) is 6.10 Å². The molecular weight excluding hydrogens is 416 g/mol. The number of ether oxygens (including phenoxy) is 2. The number of carbonyl (C=O) groups excluding carboxylic acids is 2. The number of aromatic nitrogens is 2. The molecule has 0 spiro atoms. The lowest BCUT2D eigenvalue weighted by molar-refractivity contribution is -0.130. The van der Waals surface area contributed by atoms with Crippen molar-refractivity contribution in [2.24, 2.45) is 0 Å². The monoisotopic (exact) mass is 442 g/mol. The summed E-state index contributed by atoms with van der Waals surface area (Å²) in [4.78, 5) is 31.5. The molecule has 31 heavy (non-hydrogen) atoms. The Hall–Kier alpha value is -3.07. The lowest BCUT2D eigenvalue weighted by Crippen LogP contribution is -2.40. The van der Waals surface area contributed by atoms with Crippen LogP contribution in [0, 0.1) is 0 Å². The molecule has 0 aliphatic carbocycles. The quantitative estimate of drug-likeness (QED) is 0.608. The number of hydrogen-bond acceptors (Lipinski definition) is 6. The number of hydrogen-bond donors (Lipinski definition) is 1. The number of fused-ring (bicyclic) bond motifs is 1. The maximum absolute atomic E-state index is 12.6. The van der Waals surface area contributed by atoms with Gasteiger partial charge in [-0.2, -0.15) is 0 Å². The number of likely N-dealkylation sites (tertiary alicyclic amines) is 1. The van der Waals surface area contributed by atoms with Gasteiger partial charge >= 0.3 is 0 Å². The van der Waals surface area contributed by atoms with Crippen LogP contribution in [0.5, 0.6) is 11.5 Å². The molecule has 0 saturated carbocycles. The van der Waals surface area contributed by atoms with Gasteiger partial charge in [0.15, 0.2) is 16.5 Å². The zero-order chi connectivity index (χ0) is 21.8. The molecule has 0 unspecified atom stereocenters. The highest BCUT2D eigenvalue weighted by molar-refractivity contribution is 7.15. The summed E-state index contributed by atoms with van der Waals surface area (Å²) in [6.45, 7) is 3.43. The Kier molecular flexibility index (Phi) is 6.41. The van der Waals surface area contributed by atoms with Crippen molar-refractivity contribution in [3.05, 3.63) is 47.2 Å². The summed E-state index contributed by atoms with van der Waals surface area (Å²) in [6.07, 6.45) is 6.10. The predicted octanol–water partition coefficient (Wildman–Crippen LogP) is 2.77. The van der Waals surface area contributed by atoms with Crippen molar-refractivity contribution in [3.63, 3.8) is 0 Å². The molecule has 0 atom stereocenters. The van der Waals surface area contributed by atoms with Crippen molar-refractivity contribution in [2.45, 2.75) is 32.3 Å². The Morgan fingerprint density at radius 1 is 1.26 bits per heavy atom. The fraction of sp³-hybridized carbons (Fsp3) is 0.409. The average molecular weight is 443 g/mol. The van der Waals surface area contributed by atoms with Crippen molar-refractivity contribution < 1.29 is 19.1 Å². The first-order chi connectivity index (χ1) is 15.0. The Morgan fingerprint density at radius 2 is 2.06 bits per heavy atom. The van der Waals surface area contributed by atoms with Crippen LogP contribution in [-0.2, 0) is 11.2 Å². The number of nitrogens with zero attached hydrogens (tertiary/aromatic N) is 3. The highest BCUT2D eigenvalue weighted by Gasteiger charge is 2.23. The fourth-order valence-corrected chi connectivity index (χ4v) is 4.40. The third-order valence-electron chi connectivity index (χ3n) is 5.42. The second kappa shape index (κ2) is 9.38. The number of rotatable bonds is 7. The Balaban J connectivity index is 1.35. The van der Waals surface area contributed by atoms with Gasteiger partial charge in [-0.15, -0.1) is 11.3 Å². The van der Waals surface area contributed by atoms with E-state index in [-0.39, 0.29) is 17.9 Å². The van der Waals surface area contributed by atoms with Crippen LogP contribution < -0.4 is 14.8 Å². The number of thiazole rings is 1. The van der Waals surface area contributed by atoms with Crippen LogP contribution in [0.4, 0.5) is 0 Å². The molecule has 0 radical (unpaired) electrons. The van der Waals surface area contributed by atoms with Crippen molar-refractivity contribution in [1.29, 1.82) is 0 Å². The van der Waals surface area contributed by atoms with E-state index in [9.17, 15) is 9.59 Å². The van der Waals surface area contributed by atoms with Crippen molar-refractivity contribution in [3.8, 4) is 11.5 Å². The molecule has 1 fully saturated rings. The highest BCUT2D eigenvalue weighted by Crippen LogP contribution is 2.31. The van der Waals surface area contributed by atoms with Gasteiger partial charge in [0.2, 0.25) is 5.91 Å². The number of methoxy groups -OCH3 is 1. The summed E-state index contributed by atoms with van der Waals surface area (Å²) >= 11 is 1.58. The first kappa shape index (κ1) is 21.2. The van der Waals surface area contributed by atoms with Crippen LogP contribution in [0.25, 0.3) is 4.96 Å². The molecule has 1 aliphatic rings. The molecule has 4 rings (SSSR count). The SMILES string of the molecule is COc1ccc(C(=O)NCCc2cn3ccsc3n2)cc1OC1CCN(C(C)=O)CC1. The van der Waals surface area contributed by atoms with E-state index in [1.54, 1.807) is 43.6 Å². The van der Waals surface area contributed by atoms with Gasteiger partial charge in [0, 0.05) is 69.2 Å². The van der Waals surface area contributed by atoms with Gasteiger partial charge in [-0.25, -0.2) is 4.98 Å². The first-order valence-corrected chi connectivity index (χ1v) is 11.2. The van der Waals surface area contributed by atoms with Gasteiger partial charge in [0.25, 0.3) is 5.91 Å². The zero-order valence-electron chi connectivity index (χ0n) is 17.7. The lowest BCUT2D eigenvalue weighted by atomic mass is 10.1. The molecule has 1 aliphatic heterocycles. The Labute approximate surface area is 184 Å². The van der Waals surface area contributed by atoms with E-state index in [4.69, 9.17) is 9.47 Å². The Bertz CT molecular complexity index is 1040. The number of nitrogens with one attached hydrogen (secondary N) is 1. The maximum atomic E-state index is 12.6. The molecule has 164 valence electrons. The smallest absolute Gasteiger partial charge is 0.251 e. The summed E-state index contributed by atoms with van der Waals surface area (Å²) < 4.78 is 13.5. The number of amides is 2. The molecule has 1 N–H and O–H groups in total. The minimum atomic E-state index is -0.167. The molecule has 1 aromatic carbocycles. The molecule has 3 aromatic rings. The summed E-state index contributed by atoms with van der Waals surface area (Å²) in [7, 11) is 1.58. The van der Waals surface area contributed by atoms with E-state index in [0.717, 1.165) is 23.5 Å². The minimum Gasteiger partial charge on any atom is -0.493 e. The minimum absolute atomic E-state index is 0.0161. The average Bonchev–Trinajstić information content (AvgIpc) is 3.36. The summed E-state index contributed by atoms with van der Waals surface area (Å²) in [6, 6.07) is 5.20. The summed E-state index contributed by atoms with van der Waals surface area (Å²) in [5.74, 6) is 1.05. The molecule has 1 saturated heterocycles. The van der Waals surface area contributed by atoms with Gasteiger partial charge in [-0.1, -0.05) is 0 Å². The summed E-state index contributed by atoms with van der Waals surface area (Å²) in [5, 5.41) is 4.94. The zero-order valence-corrected chi connectivity index (χ0v) is 18.5. The van der Waals surface area contributed by atoms with Crippen molar-refractivity contribution in [1.82, 2.24) is 19.6 Å². The van der Waals surface area contributed by atoms with Gasteiger partial charge < -0.3 is 19.7 Å². The largest absolute Gasteiger partial charge is 0.493 e. The van der Waals surface area contributed by atoms with E-state index in [0.29, 0.717) is 43.1 Å². The second-order valence-electron chi connectivity index (χ2n) is 7.52. The van der Waals surface area contributed by atoms with E-state index >= 15 is 0 Å². The molecule has 0 bridgehead atoms. The molecule has 9 heteroatoms. The third kappa shape index (κ3) is 4.99. The van der Waals surface area contributed by atoms with Crippen LogP contribution in [0.3, 0.4) is 0 Å². The van der Waals surface area contributed by atoms with Crippen LogP contribution >= 0.6 is 11.3 Å². The molecular formula is C22H26N4O4S. The van der Waals surface area contributed by atoms with Crippen LogP contribution in [0.15, 0.2) is 36.0 Å². The third-order valence-corrected chi connectivity index (χ3v) is 6.19. The summed E-state index contributed by atoms with van der Waals surface area (Å²) in [5.41, 5.74) is 1.46. The molecule has 8 nitrogen and oxygen atoms in total. The molecule has 2 amide bonds. The van der Waals surface area contributed by atoms with Crippen LogP contribution in [0.1, 0.15) is 35.8 Å². The maximum Gasteiger partial charge on any atom is 0.251 e. The van der Waals surface area contributed by atoms with E-state index in [1.165, 1.54) is 0 Å². The fourth-order valence-electron chi connectivity index (χ4n) is 3.68. The van der Waals surface area contributed by atoms with Crippen LogP contribution in [0.2, 0.25) is 0 Å². The number of piperidine rings is 1. The van der Waals surface area contributed by atoms with Gasteiger partial charge in [-0.3, -0.25) is 14.0 Å². The normalized spacial score (nSPS) is 14.6. The van der Waals surface area contributed by atoms with Gasteiger partial charge in [-0.05, 0) is 18.2 Å². The van der Waals surface area contributed by atoms with E-state index in [2.05, 4.69) is 10.3 Å².